The lowest BCUT2D eigenvalue weighted by molar-refractivity contribution is -0.129. The molecule has 4 rings (SSSR count). The lowest BCUT2D eigenvalue weighted by atomic mass is 9.97. The number of piperazine rings is 1. The van der Waals surface area contributed by atoms with Crippen LogP contribution < -0.4 is 10.2 Å². The van der Waals surface area contributed by atoms with Crippen molar-refractivity contribution < 1.29 is 9.59 Å². The average Bonchev–Trinajstić information content (AvgIpc) is 2.84. The van der Waals surface area contributed by atoms with E-state index in [4.69, 9.17) is 0 Å². The molecule has 0 aliphatic carbocycles. The number of anilines is 2. The first kappa shape index (κ1) is 22.9. The van der Waals surface area contributed by atoms with E-state index in [1.165, 1.54) is 0 Å². The number of nitrogens with zero attached hydrogens (tertiary/aromatic N) is 5. The van der Waals surface area contributed by atoms with Crippen molar-refractivity contribution in [3.8, 4) is 17.2 Å². The fourth-order valence-corrected chi connectivity index (χ4v) is 4.05. The van der Waals surface area contributed by atoms with Gasteiger partial charge >= 0.3 is 0 Å². The van der Waals surface area contributed by atoms with Crippen molar-refractivity contribution in [2.75, 3.05) is 36.4 Å². The predicted molar refractivity (Wildman–Crippen MR) is 130 cm³/mol. The first-order valence-electron chi connectivity index (χ1n) is 11.2. The molecule has 172 valence electrons. The van der Waals surface area contributed by atoms with Crippen molar-refractivity contribution in [3.63, 3.8) is 0 Å². The maximum absolute atomic E-state index is 12.7. The summed E-state index contributed by atoms with van der Waals surface area (Å²) in [6.07, 6.45) is 3.62. The largest absolute Gasteiger partial charge is 0.367 e. The van der Waals surface area contributed by atoms with E-state index in [-0.39, 0.29) is 18.2 Å². The Morgan fingerprint density at radius 3 is 2.50 bits per heavy atom. The fraction of sp³-hybridized carbons (Fsp3) is 0.269. The van der Waals surface area contributed by atoms with Crippen molar-refractivity contribution in [2.24, 2.45) is 0 Å². The summed E-state index contributed by atoms with van der Waals surface area (Å²) in [5, 5.41) is 12.3. The summed E-state index contributed by atoms with van der Waals surface area (Å²) >= 11 is 0. The third kappa shape index (κ3) is 5.38. The highest BCUT2D eigenvalue weighted by Gasteiger charge is 2.19. The van der Waals surface area contributed by atoms with Crippen LogP contribution in [-0.2, 0) is 16.0 Å². The number of pyridine rings is 2. The number of amides is 2. The van der Waals surface area contributed by atoms with Crippen molar-refractivity contribution in [1.82, 2.24) is 14.9 Å². The summed E-state index contributed by atoms with van der Waals surface area (Å²) in [6, 6.07) is 15.1. The number of rotatable bonds is 5. The van der Waals surface area contributed by atoms with Gasteiger partial charge in [0.2, 0.25) is 11.8 Å². The van der Waals surface area contributed by atoms with Crippen LogP contribution in [0.15, 0.2) is 54.9 Å². The maximum Gasteiger partial charge on any atom is 0.229 e. The van der Waals surface area contributed by atoms with Gasteiger partial charge in [0.15, 0.2) is 0 Å². The molecule has 8 nitrogen and oxygen atoms in total. The number of hydrogen-bond donors (Lipinski definition) is 1. The van der Waals surface area contributed by atoms with Crippen LogP contribution in [0.3, 0.4) is 0 Å². The Morgan fingerprint density at radius 2 is 1.85 bits per heavy atom. The third-order valence-electron chi connectivity index (χ3n) is 5.88. The summed E-state index contributed by atoms with van der Waals surface area (Å²) in [6.45, 7) is 6.39. The van der Waals surface area contributed by atoms with Crippen molar-refractivity contribution in [3.05, 3.63) is 71.7 Å². The summed E-state index contributed by atoms with van der Waals surface area (Å²) in [7, 11) is 0. The molecule has 1 saturated heterocycles. The molecule has 1 N–H and O–H groups in total. The molecule has 0 atom stereocenters. The first-order chi connectivity index (χ1) is 16.4. The van der Waals surface area contributed by atoms with Gasteiger partial charge in [0.1, 0.15) is 5.82 Å². The van der Waals surface area contributed by atoms with Gasteiger partial charge in [-0.1, -0.05) is 6.07 Å². The van der Waals surface area contributed by atoms with Gasteiger partial charge in [-0.3, -0.25) is 14.6 Å². The molecule has 1 aliphatic rings. The number of aromatic nitrogens is 2. The molecule has 1 aliphatic heterocycles. The summed E-state index contributed by atoms with van der Waals surface area (Å²) in [5.74, 6) is 0.396. The normalized spacial score (nSPS) is 13.3. The lowest BCUT2D eigenvalue weighted by Gasteiger charge is -2.35. The second-order valence-electron chi connectivity index (χ2n) is 8.30. The van der Waals surface area contributed by atoms with E-state index in [0.29, 0.717) is 24.5 Å². The molecule has 3 heterocycles. The molecule has 2 aromatic heterocycles. The SMILES string of the molecule is CC(=O)N1CCN(c2ccc(NC(=O)Cc3ccc(C#N)c(-c4ccnc(C)c4)c3)nc2)CC1. The van der Waals surface area contributed by atoms with Crippen LogP contribution in [0.25, 0.3) is 11.1 Å². The van der Waals surface area contributed by atoms with Crippen molar-refractivity contribution in [2.45, 2.75) is 20.3 Å². The van der Waals surface area contributed by atoms with Gasteiger partial charge in [-0.2, -0.15) is 5.26 Å². The molecular weight excluding hydrogens is 428 g/mol. The van der Waals surface area contributed by atoms with Crippen molar-refractivity contribution in [1.29, 1.82) is 5.26 Å². The minimum absolute atomic E-state index is 0.0983. The van der Waals surface area contributed by atoms with Crippen LogP contribution in [-0.4, -0.2) is 52.9 Å². The van der Waals surface area contributed by atoms with E-state index in [9.17, 15) is 14.9 Å². The van der Waals surface area contributed by atoms with Crippen LogP contribution in [0.4, 0.5) is 11.5 Å². The predicted octanol–water partition coefficient (Wildman–Crippen LogP) is 3.17. The second-order valence-corrected chi connectivity index (χ2v) is 8.30. The van der Waals surface area contributed by atoms with Gasteiger partial charge in [0, 0.05) is 45.0 Å². The van der Waals surface area contributed by atoms with E-state index < -0.39 is 0 Å². The van der Waals surface area contributed by atoms with Crippen LogP contribution >= 0.6 is 0 Å². The monoisotopic (exact) mass is 454 g/mol. The second kappa shape index (κ2) is 10.1. The zero-order chi connectivity index (χ0) is 24.1. The Bertz CT molecular complexity index is 1240. The number of carbonyl (C=O) groups is 2. The molecule has 34 heavy (non-hydrogen) atoms. The zero-order valence-corrected chi connectivity index (χ0v) is 19.3. The van der Waals surface area contributed by atoms with E-state index in [1.807, 2.05) is 36.1 Å². The van der Waals surface area contributed by atoms with Crippen LogP contribution in [0, 0.1) is 18.3 Å². The number of benzene rings is 1. The highest BCUT2D eigenvalue weighted by molar-refractivity contribution is 5.91. The van der Waals surface area contributed by atoms with Gasteiger partial charge in [-0.15, -0.1) is 0 Å². The molecule has 2 amide bonds. The van der Waals surface area contributed by atoms with E-state index >= 15 is 0 Å². The number of nitrogens with one attached hydrogen (secondary N) is 1. The molecule has 0 unspecified atom stereocenters. The first-order valence-corrected chi connectivity index (χ1v) is 11.2. The van der Waals surface area contributed by atoms with Gasteiger partial charge in [-0.25, -0.2) is 4.98 Å². The third-order valence-corrected chi connectivity index (χ3v) is 5.88. The van der Waals surface area contributed by atoms with E-state index in [1.54, 1.807) is 37.5 Å². The molecule has 3 aromatic rings. The summed E-state index contributed by atoms with van der Waals surface area (Å²) in [5.41, 5.74) is 4.86. The Balaban J connectivity index is 1.40. The highest BCUT2D eigenvalue weighted by atomic mass is 16.2. The Labute approximate surface area is 198 Å². The number of nitriles is 1. The van der Waals surface area contributed by atoms with Crippen LogP contribution in [0.5, 0.6) is 0 Å². The van der Waals surface area contributed by atoms with Crippen LogP contribution in [0.2, 0.25) is 0 Å². The Kier molecular flexibility index (Phi) is 6.83. The maximum atomic E-state index is 12.7. The number of hydrogen-bond acceptors (Lipinski definition) is 6. The fourth-order valence-electron chi connectivity index (χ4n) is 4.05. The zero-order valence-electron chi connectivity index (χ0n) is 19.3. The average molecular weight is 455 g/mol. The molecule has 0 radical (unpaired) electrons. The van der Waals surface area contributed by atoms with Crippen molar-refractivity contribution >= 4 is 23.3 Å². The van der Waals surface area contributed by atoms with E-state index in [2.05, 4.69) is 26.3 Å². The molecular formula is C26H26N6O2. The van der Waals surface area contributed by atoms with E-state index in [0.717, 1.165) is 41.2 Å². The molecule has 1 aromatic carbocycles. The summed E-state index contributed by atoms with van der Waals surface area (Å²) in [4.78, 5) is 36.8. The van der Waals surface area contributed by atoms with Gasteiger partial charge in [0.05, 0.1) is 29.9 Å². The van der Waals surface area contributed by atoms with Gasteiger partial charge in [-0.05, 0) is 60.0 Å². The molecule has 0 bridgehead atoms. The smallest absolute Gasteiger partial charge is 0.229 e. The topological polar surface area (TPSA) is 102 Å². The highest BCUT2D eigenvalue weighted by Crippen LogP contribution is 2.25. The molecule has 0 spiro atoms. The quantitative estimate of drug-likeness (QED) is 0.635. The minimum atomic E-state index is -0.183. The Morgan fingerprint density at radius 1 is 1.06 bits per heavy atom. The minimum Gasteiger partial charge on any atom is -0.367 e. The standard InChI is InChI=1S/C26H26N6O2/c1-18-13-21(7-8-28-18)24-14-20(3-4-22(24)16-27)15-26(34)30-25-6-5-23(17-29-25)32-11-9-31(10-12-32)19(2)33/h3-8,13-14,17H,9-12,15H2,1-2H3,(H,29,30,34). The van der Waals surface area contributed by atoms with Crippen LogP contribution in [0.1, 0.15) is 23.7 Å². The number of carbonyl (C=O) groups excluding carboxylic acids is 2. The number of aryl methyl sites for hydroxylation is 1. The Hall–Kier alpha value is -4.25. The van der Waals surface area contributed by atoms with Gasteiger partial charge in [0.25, 0.3) is 0 Å². The lowest BCUT2D eigenvalue weighted by Crippen LogP contribution is -2.48. The molecule has 0 saturated carbocycles. The molecule has 8 heteroatoms. The molecule has 1 fully saturated rings. The summed E-state index contributed by atoms with van der Waals surface area (Å²) < 4.78 is 0. The van der Waals surface area contributed by atoms with Gasteiger partial charge < -0.3 is 15.1 Å².